The Morgan fingerprint density at radius 2 is 1.85 bits per heavy atom. The van der Waals surface area contributed by atoms with Gasteiger partial charge in [0.25, 0.3) is 5.91 Å². The first-order valence-electron chi connectivity index (χ1n) is 8.82. The number of amides is 1. The molecule has 5 nitrogen and oxygen atoms in total. The van der Waals surface area contributed by atoms with Gasteiger partial charge in [-0.15, -0.1) is 0 Å². The van der Waals surface area contributed by atoms with Crippen molar-refractivity contribution in [3.63, 3.8) is 0 Å². The summed E-state index contributed by atoms with van der Waals surface area (Å²) in [7, 11) is 1.60. The normalized spacial score (nSPS) is 11.5. The Kier molecular flexibility index (Phi) is 7.33. The van der Waals surface area contributed by atoms with Crippen LogP contribution in [-0.4, -0.2) is 32.3 Å². The lowest BCUT2D eigenvalue weighted by molar-refractivity contribution is -0.128. The summed E-state index contributed by atoms with van der Waals surface area (Å²) in [6.07, 6.45) is 0.0174. The summed E-state index contributed by atoms with van der Waals surface area (Å²) in [5.74, 6) is 2.00. The number of ether oxygens (including phenoxy) is 3. The van der Waals surface area contributed by atoms with Crippen LogP contribution in [-0.2, 0) is 4.79 Å². The van der Waals surface area contributed by atoms with Gasteiger partial charge >= 0.3 is 0 Å². The molecular formula is C21H27NO4. The molecule has 26 heavy (non-hydrogen) atoms. The Morgan fingerprint density at radius 1 is 1.12 bits per heavy atom. The summed E-state index contributed by atoms with van der Waals surface area (Å²) in [6, 6.07) is 13.2. The SMILES string of the molecule is CC[C@H](Oc1cccc(OC)c1)C(=O)NCCOc1cccc(C)c1C. The van der Waals surface area contributed by atoms with Crippen LogP contribution in [0.5, 0.6) is 17.2 Å². The van der Waals surface area contributed by atoms with Crippen LogP contribution in [0.3, 0.4) is 0 Å². The standard InChI is InChI=1S/C21H27NO4/c1-5-19(26-18-10-7-9-17(14-18)24-4)21(23)22-12-13-25-20-11-6-8-15(2)16(20)3/h6-11,14,19H,5,12-13H2,1-4H3,(H,22,23)/t19-/m0/s1. The highest BCUT2D eigenvalue weighted by Crippen LogP contribution is 2.21. The average Bonchev–Trinajstić information content (AvgIpc) is 2.66. The van der Waals surface area contributed by atoms with Crippen molar-refractivity contribution in [2.45, 2.75) is 33.3 Å². The van der Waals surface area contributed by atoms with E-state index in [0.29, 0.717) is 31.1 Å². The fourth-order valence-corrected chi connectivity index (χ4v) is 2.49. The third-order valence-corrected chi connectivity index (χ3v) is 4.20. The van der Waals surface area contributed by atoms with Crippen molar-refractivity contribution in [1.82, 2.24) is 5.32 Å². The van der Waals surface area contributed by atoms with Gasteiger partial charge < -0.3 is 19.5 Å². The van der Waals surface area contributed by atoms with E-state index >= 15 is 0 Å². The van der Waals surface area contributed by atoms with Crippen molar-refractivity contribution >= 4 is 5.91 Å². The molecular weight excluding hydrogens is 330 g/mol. The number of nitrogens with one attached hydrogen (secondary N) is 1. The number of hydrogen-bond donors (Lipinski definition) is 1. The first-order valence-corrected chi connectivity index (χ1v) is 8.82. The zero-order chi connectivity index (χ0) is 18.9. The van der Waals surface area contributed by atoms with E-state index in [0.717, 1.165) is 11.3 Å². The van der Waals surface area contributed by atoms with Crippen molar-refractivity contribution in [1.29, 1.82) is 0 Å². The van der Waals surface area contributed by atoms with Crippen molar-refractivity contribution in [2.75, 3.05) is 20.3 Å². The van der Waals surface area contributed by atoms with Gasteiger partial charge in [-0.1, -0.05) is 25.1 Å². The maximum absolute atomic E-state index is 12.3. The number of carbonyl (C=O) groups excluding carboxylic acids is 1. The van der Waals surface area contributed by atoms with Crippen LogP contribution in [0.1, 0.15) is 24.5 Å². The molecule has 0 saturated carbocycles. The molecule has 0 fully saturated rings. The minimum Gasteiger partial charge on any atom is -0.497 e. The lowest BCUT2D eigenvalue weighted by Crippen LogP contribution is -2.39. The van der Waals surface area contributed by atoms with Crippen LogP contribution in [0.2, 0.25) is 0 Å². The van der Waals surface area contributed by atoms with Gasteiger partial charge in [-0.2, -0.15) is 0 Å². The number of benzene rings is 2. The van der Waals surface area contributed by atoms with E-state index in [2.05, 4.69) is 5.32 Å². The zero-order valence-corrected chi connectivity index (χ0v) is 15.9. The van der Waals surface area contributed by atoms with Crippen molar-refractivity contribution in [3.8, 4) is 17.2 Å². The molecule has 0 radical (unpaired) electrons. The molecule has 2 aromatic carbocycles. The van der Waals surface area contributed by atoms with E-state index in [1.54, 1.807) is 13.2 Å². The van der Waals surface area contributed by atoms with Crippen LogP contribution in [0.25, 0.3) is 0 Å². The van der Waals surface area contributed by atoms with Crippen molar-refractivity contribution < 1.29 is 19.0 Å². The summed E-state index contributed by atoms with van der Waals surface area (Å²) in [5.41, 5.74) is 2.30. The van der Waals surface area contributed by atoms with Gasteiger partial charge in [0, 0.05) is 6.07 Å². The molecule has 140 valence electrons. The van der Waals surface area contributed by atoms with Crippen LogP contribution >= 0.6 is 0 Å². The average molecular weight is 357 g/mol. The van der Waals surface area contributed by atoms with Gasteiger partial charge in [0.15, 0.2) is 6.10 Å². The number of carbonyl (C=O) groups is 1. The van der Waals surface area contributed by atoms with Gasteiger partial charge in [0.05, 0.1) is 13.7 Å². The van der Waals surface area contributed by atoms with E-state index in [1.807, 2.05) is 57.2 Å². The molecule has 1 atom stereocenters. The van der Waals surface area contributed by atoms with Crippen molar-refractivity contribution in [2.24, 2.45) is 0 Å². The van der Waals surface area contributed by atoms with Gasteiger partial charge in [-0.25, -0.2) is 0 Å². The number of rotatable bonds is 9. The van der Waals surface area contributed by atoms with E-state index in [4.69, 9.17) is 14.2 Å². The third-order valence-electron chi connectivity index (χ3n) is 4.20. The lowest BCUT2D eigenvalue weighted by Gasteiger charge is -2.18. The fourth-order valence-electron chi connectivity index (χ4n) is 2.49. The summed E-state index contributed by atoms with van der Waals surface area (Å²) in [4.78, 5) is 12.3. The third kappa shape index (κ3) is 5.41. The summed E-state index contributed by atoms with van der Waals surface area (Å²) in [6.45, 7) is 6.82. The number of aryl methyl sites for hydroxylation is 1. The molecule has 0 aliphatic rings. The number of methoxy groups -OCH3 is 1. The molecule has 1 amide bonds. The minimum absolute atomic E-state index is 0.153. The van der Waals surface area contributed by atoms with Gasteiger partial charge in [-0.3, -0.25) is 4.79 Å². The smallest absolute Gasteiger partial charge is 0.261 e. The van der Waals surface area contributed by atoms with E-state index < -0.39 is 6.10 Å². The molecule has 0 aliphatic carbocycles. The van der Waals surface area contributed by atoms with Crippen LogP contribution in [0, 0.1) is 13.8 Å². The Hall–Kier alpha value is -2.69. The lowest BCUT2D eigenvalue weighted by atomic mass is 10.1. The minimum atomic E-state index is -0.553. The largest absolute Gasteiger partial charge is 0.497 e. The Bertz CT molecular complexity index is 730. The fraction of sp³-hybridized carbons (Fsp3) is 0.381. The van der Waals surface area contributed by atoms with Crippen LogP contribution in [0.15, 0.2) is 42.5 Å². The van der Waals surface area contributed by atoms with Gasteiger partial charge in [0.2, 0.25) is 0 Å². The predicted molar refractivity (Wildman–Crippen MR) is 102 cm³/mol. The van der Waals surface area contributed by atoms with Crippen LogP contribution < -0.4 is 19.5 Å². The maximum atomic E-state index is 12.3. The van der Waals surface area contributed by atoms with Crippen LogP contribution in [0.4, 0.5) is 0 Å². The molecule has 0 aromatic heterocycles. The topological polar surface area (TPSA) is 56.8 Å². The molecule has 0 spiro atoms. The predicted octanol–water partition coefficient (Wildman–Crippen LogP) is 3.66. The molecule has 0 saturated heterocycles. The zero-order valence-electron chi connectivity index (χ0n) is 15.9. The van der Waals surface area contributed by atoms with Crippen molar-refractivity contribution in [3.05, 3.63) is 53.6 Å². The first-order chi connectivity index (χ1) is 12.5. The highest BCUT2D eigenvalue weighted by molar-refractivity contribution is 5.81. The second-order valence-electron chi connectivity index (χ2n) is 6.03. The Morgan fingerprint density at radius 3 is 2.58 bits per heavy atom. The highest BCUT2D eigenvalue weighted by atomic mass is 16.5. The molecule has 1 N–H and O–H groups in total. The second kappa shape index (κ2) is 9.70. The first kappa shape index (κ1) is 19.6. The van der Waals surface area contributed by atoms with Gasteiger partial charge in [-0.05, 0) is 49.6 Å². The van der Waals surface area contributed by atoms with E-state index in [-0.39, 0.29) is 5.91 Å². The van der Waals surface area contributed by atoms with E-state index in [9.17, 15) is 4.79 Å². The number of hydrogen-bond acceptors (Lipinski definition) is 4. The van der Waals surface area contributed by atoms with E-state index in [1.165, 1.54) is 5.56 Å². The quantitative estimate of drug-likeness (QED) is 0.696. The molecule has 5 heteroatoms. The van der Waals surface area contributed by atoms with Gasteiger partial charge in [0.1, 0.15) is 23.9 Å². The Balaban J connectivity index is 1.82. The molecule has 0 aliphatic heterocycles. The molecule has 0 heterocycles. The second-order valence-corrected chi connectivity index (χ2v) is 6.03. The molecule has 0 unspecified atom stereocenters. The molecule has 2 rings (SSSR count). The summed E-state index contributed by atoms with van der Waals surface area (Å²) >= 11 is 0. The molecule has 0 bridgehead atoms. The summed E-state index contributed by atoms with van der Waals surface area (Å²) in [5, 5.41) is 2.87. The molecule has 2 aromatic rings. The monoisotopic (exact) mass is 357 g/mol. The Labute approximate surface area is 155 Å². The summed E-state index contributed by atoms with van der Waals surface area (Å²) < 4.78 is 16.7. The highest BCUT2D eigenvalue weighted by Gasteiger charge is 2.18. The maximum Gasteiger partial charge on any atom is 0.261 e.